The summed E-state index contributed by atoms with van der Waals surface area (Å²) in [6.45, 7) is 3.38. The molecule has 0 radical (unpaired) electrons. The van der Waals surface area contributed by atoms with E-state index in [1.54, 1.807) is 6.08 Å². The predicted molar refractivity (Wildman–Crippen MR) is 57.3 cm³/mol. The first-order chi connectivity index (χ1) is 6.20. The predicted octanol–water partition coefficient (Wildman–Crippen LogP) is 2.50. The van der Waals surface area contributed by atoms with E-state index >= 15 is 0 Å². The van der Waals surface area contributed by atoms with Crippen LogP contribution >= 0.6 is 0 Å². The van der Waals surface area contributed by atoms with Crippen molar-refractivity contribution in [2.24, 2.45) is 0 Å². The number of carboxylic acid groups (broad SMARTS) is 1. The molecule has 0 aromatic heterocycles. The Kier molecular flexibility index (Phi) is 4.96. The van der Waals surface area contributed by atoms with E-state index in [4.69, 9.17) is 5.11 Å². The second-order valence-electron chi connectivity index (χ2n) is 2.57. The molecule has 0 atom stereocenters. The Morgan fingerprint density at radius 1 is 1.29 bits per heavy atom. The highest BCUT2D eigenvalue weighted by Gasteiger charge is 1.96. The summed E-state index contributed by atoms with van der Waals surface area (Å²) in [5.41, 5.74) is 1.05. The lowest BCUT2D eigenvalue weighted by molar-refractivity contribution is -0.132. The van der Waals surface area contributed by atoms with Crippen molar-refractivity contribution in [1.29, 1.82) is 0 Å². The molecule has 0 aliphatic carbocycles. The summed E-state index contributed by atoms with van der Waals surface area (Å²) in [7, 11) is 0. The zero-order chi connectivity index (χ0) is 9.68. The molecule has 1 rings (SSSR count). The van der Waals surface area contributed by atoms with E-state index in [9.17, 15) is 4.79 Å². The second-order valence-corrected chi connectivity index (χ2v) is 2.57. The van der Waals surface area contributed by atoms with Crippen LogP contribution in [-0.4, -0.2) is 11.1 Å². The zero-order valence-corrected chi connectivity index (χ0v) is 7.81. The highest BCUT2D eigenvalue weighted by molar-refractivity contribution is 5.90. The lowest BCUT2D eigenvalue weighted by Gasteiger charge is -1.91. The Labute approximate surface area is 83.0 Å². The second kappa shape index (κ2) is 5.72. The van der Waals surface area contributed by atoms with Crippen molar-refractivity contribution in [2.75, 3.05) is 0 Å². The fourth-order valence-corrected chi connectivity index (χ4v) is 0.832. The van der Waals surface area contributed by atoms with Gasteiger partial charge in [0, 0.05) is 0 Å². The summed E-state index contributed by atoms with van der Waals surface area (Å²) in [6.07, 6.45) is 3.20. The molecule has 0 aliphatic rings. The number of hydrogen-bond acceptors (Lipinski definition) is 2. The minimum Gasteiger partial charge on any atom is -0.478 e. The maximum Gasteiger partial charge on any atom is 0.335 e. The van der Waals surface area contributed by atoms with Gasteiger partial charge in [0.2, 0.25) is 0 Å². The molecule has 0 spiro atoms. The van der Waals surface area contributed by atoms with Gasteiger partial charge in [-0.25, -0.2) is 4.79 Å². The van der Waals surface area contributed by atoms with E-state index < -0.39 is 5.97 Å². The first-order valence-corrected chi connectivity index (χ1v) is 3.85. The van der Waals surface area contributed by atoms with Gasteiger partial charge in [-0.3, -0.25) is 0 Å². The number of aliphatic carboxylic acids is 1. The Morgan fingerprint density at radius 3 is 2.36 bits per heavy atom. The van der Waals surface area contributed by atoms with Crippen LogP contribution in [0.1, 0.15) is 5.56 Å². The third-order valence-electron chi connectivity index (χ3n) is 1.55. The molecular weight excluding hydrogens is 178 g/mol. The van der Waals surface area contributed by atoms with Gasteiger partial charge in [0.25, 0.3) is 0 Å². The molecule has 3 nitrogen and oxygen atoms in total. The number of benzene rings is 1. The molecular formula is C11H13NO2. The maximum absolute atomic E-state index is 10.4. The average molecular weight is 191 g/mol. The number of carboxylic acids is 1. The van der Waals surface area contributed by atoms with E-state index in [1.165, 1.54) is 6.08 Å². The number of rotatable bonds is 3. The van der Waals surface area contributed by atoms with Crippen LogP contribution in [0.25, 0.3) is 6.08 Å². The van der Waals surface area contributed by atoms with Crippen LogP contribution in [0.4, 0.5) is 0 Å². The lowest BCUT2D eigenvalue weighted by atomic mass is 10.2. The summed E-state index contributed by atoms with van der Waals surface area (Å²) < 4.78 is 0. The van der Waals surface area contributed by atoms with Gasteiger partial charge in [0.15, 0.2) is 0 Å². The monoisotopic (exact) mass is 191 g/mol. The molecule has 0 amide bonds. The smallest absolute Gasteiger partial charge is 0.335 e. The van der Waals surface area contributed by atoms with Gasteiger partial charge < -0.3 is 11.3 Å². The fraction of sp³-hybridized carbons (Fsp3) is 0. The Morgan fingerprint density at radius 2 is 1.86 bits per heavy atom. The van der Waals surface area contributed by atoms with Crippen LogP contribution in [0.2, 0.25) is 0 Å². The third kappa shape index (κ3) is 3.69. The normalized spacial score (nSPS) is 9.43. The molecule has 14 heavy (non-hydrogen) atoms. The lowest BCUT2D eigenvalue weighted by Crippen LogP contribution is -1.94. The fourth-order valence-electron chi connectivity index (χ4n) is 0.832. The van der Waals surface area contributed by atoms with Crippen LogP contribution in [0, 0.1) is 0 Å². The molecule has 1 aromatic carbocycles. The summed E-state index contributed by atoms with van der Waals surface area (Å²) >= 11 is 0. The van der Waals surface area contributed by atoms with E-state index in [1.807, 2.05) is 30.3 Å². The average Bonchev–Trinajstić information content (AvgIpc) is 2.15. The molecule has 0 saturated heterocycles. The van der Waals surface area contributed by atoms with Crippen molar-refractivity contribution in [3.63, 3.8) is 0 Å². The van der Waals surface area contributed by atoms with Crippen molar-refractivity contribution < 1.29 is 9.90 Å². The van der Waals surface area contributed by atoms with Crippen molar-refractivity contribution in [3.8, 4) is 0 Å². The van der Waals surface area contributed by atoms with Gasteiger partial charge in [-0.05, 0) is 11.6 Å². The Bertz CT molecular complexity index is 342. The van der Waals surface area contributed by atoms with Crippen molar-refractivity contribution in [2.45, 2.75) is 0 Å². The first-order valence-electron chi connectivity index (χ1n) is 3.85. The maximum atomic E-state index is 10.4. The molecule has 0 saturated carbocycles. The minimum absolute atomic E-state index is 0. The minimum atomic E-state index is -0.993. The van der Waals surface area contributed by atoms with Crippen LogP contribution < -0.4 is 6.15 Å². The molecule has 74 valence electrons. The van der Waals surface area contributed by atoms with Gasteiger partial charge in [-0.2, -0.15) is 0 Å². The van der Waals surface area contributed by atoms with E-state index in [2.05, 4.69) is 6.58 Å². The van der Waals surface area contributed by atoms with Gasteiger partial charge in [0.05, 0.1) is 5.57 Å². The largest absolute Gasteiger partial charge is 0.478 e. The molecule has 3 heteroatoms. The molecule has 1 aromatic rings. The first kappa shape index (κ1) is 12.1. The highest BCUT2D eigenvalue weighted by atomic mass is 16.4. The molecule has 0 aliphatic heterocycles. The van der Waals surface area contributed by atoms with Crippen molar-refractivity contribution in [3.05, 3.63) is 54.1 Å². The Balaban J connectivity index is 0.00000169. The van der Waals surface area contributed by atoms with Gasteiger partial charge in [0.1, 0.15) is 0 Å². The standard InChI is InChI=1S/C11H10O2.H3N/c1-9(11(12)13)7-8-10-5-3-2-4-6-10;/h2-8H,1H2,(H,12,13);1H3. The van der Waals surface area contributed by atoms with E-state index in [0.717, 1.165) is 5.56 Å². The third-order valence-corrected chi connectivity index (χ3v) is 1.55. The van der Waals surface area contributed by atoms with Crippen molar-refractivity contribution >= 4 is 12.0 Å². The van der Waals surface area contributed by atoms with Gasteiger partial charge >= 0.3 is 5.97 Å². The van der Waals surface area contributed by atoms with Crippen LogP contribution in [0.3, 0.4) is 0 Å². The molecule has 0 heterocycles. The zero-order valence-electron chi connectivity index (χ0n) is 7.81. The van der Waals surface area contributed by atoms with E-state index in [-0.39, 0.29) is 11.7 Å². The summed E-state index contributed by atoms with van der Waals surface area (Å²) in [4.78, 5) is 10.4. The Hall–Kier alpha value is -1.87. The number of hydrogen-bond donors (Lipinski definition) is 2. The SMILES string of the molecule is C=C(C=Cc1ccccc1)C(=O)O.N. The number of carbonyl (C=O) groups is 1. The van der Waals surface area contributed by atoms with E-state index in [0.29, 0.717) is 0 Å². The van der Waals surface area contributed by atoms with Crippen LogP contribution in [-0.2, 0) is 4.79 Å². The topological polar surface area (TPSA) is 72.3 Å². The highest BCUT2D eigenvalue weighted by Crippen LogP contribution is 2.03. The summed E-state index contributed by atoms with van der Waals surface area (Å²) in [5.74, 6) is -0.993. The molecule has 0 bridgehead atoms. The quantitative estimate of drug-likeness (QED) is 0.569. The molecule has 4 N–H and O–H groups in total. The van der Waals surface area contributed by atoms with Crippen LogP contribution in [0.15, 0.2) is 48.6 Å². The van der Waals surface area contributed by atoms with Gasteiger partial charge in [-0.15, -0.1) is 0 Å². The van der Waals surface area contributed by atoms with Crippen molar-refractivity contribution in [1.82, 2.24) is 6.15 Å². The summed E-state index contributed by atoms with van der Waals surface area (Å²) in [6, 6.07) is 9.48. The van der Waals surface area contributed by atoms with Crippen LogP contribution in [0.5, 0.6) is 0 Å². The summed E-state index contributed by atoms with van der Waals surface area (Å²) in [5, 5.41) is 8.51. The molecule has 0 unspecified atom stereocenters. The van der Waals surface area contributed by atoms with Gasteiger partial charge in [-0.1, -0.05) is 43.0 Å². The molecule has 0 fully saturated rings.